The summed E-state index contributed by atoms with van der Waals surface area (Å²) in [6, 6.07) is 6.38. The first-order chi connectivity index (χ1) is 9.61. The molecule has 0 aliphatic carbocycles. The maximum atomic E-state index is 12.1. The van der Waals surface area contributed by atoms with Crippen molar-refractivity contribution in [3.05, 3.63) is 53.3 Å². The van der Waals surface area contributed by atoms with Crippen LogP contribution in [0.5, 0.6) is 0 Å². The summed E-state index contributed by atoms with van der Waals surface area (Å²) in [5.74, 6) is -0.283. The van der Waals surface area contributed by atoms with Crippen LogP contribution in [-0.2, 0) is 0 Å². The number of benzene rings is 1. The van der Waals surface area contributed by atoms with Crippen LogP contribution < -0.4 is 11.1 Å². The number of amides is 1. The summed E-state index contributed by atoms with van der Waals surface area (Å²) in [5.41, 5.74) is 7.30. The van der Waals surface area contributed by atoms with E-state index in [4.69, 9.17) is 10.9 Å². The number of carbonyl (C=O) groups is 1. The fourth-order valence-corrected chi connectivity index (χ4v) is 1.74. The van der Waals surface area contributed by atoms with Crippen LogP contribution in [0, 0.1) is 0 Å². The molecule has 0 saturated carbocycles. The molecule has 7 nitrogen and oxygen atoms in total. The third-order valence-corrected chi connectivity index (χ3v) is 2.90. The maximum Gasteiger partial charge on any atom is 0.251 e. The maximum absolute atomic E-state index is 12.1. The van der Waals surface area contributed by atoms with Gasteiger partial charge < -0.3 is 16.3 Å². The van der Waals surface area contributed by atoms with Crippen molar-refractivity contribution in [3.63, 3.8) is 0 Å². The molecule has 1 heterocycles. The number of hydrogen-bond acceptors (Lipinski definition) is 4. The molecule has 0 radical (unpaired) electrons. The van der Waals surface area contributed by atoms with Crippen LogP contribution in [-0.4, -0.2) is 27.1 Å². The summed E-state index contributed by atoms with van der Waals surface area (Å²) in [4.78, 5) is 12.1. The largest absolute Gasteiger partial charge is 0.409 e. The van der Waals surface area contributed by atoms with Crippen molar-refractivity contribution in [2.45, 2.75) is 13.0 Å². The zero-order chi connectivity index (χ0) is 14.5. The van der Waals surface area contributed by atoms with Crippen molar-refractivity contribution < 1.29 is 10.0 Å². The number of aromatic amines is 1. The lowest BCUT2D eigenvalue weighted by atomic mass is 10.1. The molecule has 1 unspecified atom stereocenters. The lowest BCUT2D eigenvalue weighted by molar-refractivity contribution is 0.0940. The number of aromatic nitrogens is 2. The normalized spacial score (nSPS) is 12.9. The number of nitrogens with two attached hydrogens (primary N) is 1. The van der Waals surface area contributed by atoms with E-state index in [-0.39, 0.29) is 17.8 Å². The van der Waals surface area contributed by atoms with Crippen molar-refractivity contribution >= 4 is 11.7 Å². The molecule has 7 heteroatoms. The Balaban J connectivity index is 2.13. The molecule has 2 rings (SSSR count). The van der Waals surface area contributed by atoms with E-state index in [1.54, 1.807) is 36.7 Å². The summed E-state index contributed by atoms with van der Waals surface area (Å²) in [6.45, 7) is 1.86. The van der Waals surface area contributed by atoms with Gasteiger partial charge in [-0.15, -0.1) is 0 Å². The molecular weight excluding hydrogens is 258 g/mol. The summed E-state index contributed by atoms with van der Waals surface area (Å²) in [6.07, 6.45) is 3.37. The molecule has 1 amide bonds. The number of nitrogens with one attached hydrogen (secondary N) is 2. The van der Waals surface area contributed by atoms with Gasteiger partial charge in [-0.2, -0.15) is 5.10 Å². The molecule has 1 aromatic heterocycles. The number of hydrogen-bond donors (Lipinski definition) is 4. The first-order valence-electron chi connectivity index (χ1n) is 5.99. The molecule has 104 valence electrons. The number of nitrogens with zero attached hydrogens (tertiary/aromatic N) is 2. The van der Waals surface area contributed by atoms with Gasteiger partial charge in [-0.1, -0.05) is 17.3 Å². The molecule has 0 aliphatic heterocycles. The number of carbonyl (C=O) groups excluding carboxylic acids is 1. The van der Waals surface area contributed by atoms with Crippen molar-refractivity contribution in [2.75, 3.05) is 0 Å². The van der Waals surface area contributed by atoms with Crippen molar-refractivity contribution in [3.8, 4) is 0 Å². The molecular formula is C13H15N5O2. The standard InChI is InChI=1S/C13H15N5O2/c1-8(11-6-15-16-7-11)17-13(19)10-4-2-3-9(5-10)12(14)18-20/h2-8,20H,1H3,(H2,14,18)(H,15,16)(H,17,19). The lowest BCUT2D eigenvalue weighted by Crippen LogP contribution is -2.26. The van der Waals surface area contributed by atoms with Crippen LogP contribution in [0.2, 0.25) is 0 Å². The van der Waals surface area contributed by atoms with E-state index < -0.39 is 0 Å². The Labute approximate surface area is 115 Å². The predicted molar refractivity (Wildman–Crippen MR) is 73.4 cm³/mol. The summed E-state index contributed by atoms with van der Waals surface area (Å²) in [7, 11) is 0. The van der Waals surface area contributed by atoms with Gasteiger partial charge in [0, 0.05) is 22.9 Å². The van der Waals surface area contributed by atoms with Crippen LogP contribution in [0.15, 0.2) is 41.8 Å². The van der Waals surface area contributed by atoms with Crippen LogP contribution in [0.25, 0.3) is 0 Å². The molecule has 1 aromatic carbocycles. The number of rotatable bonds is 4. The first-order valence-corrected chi connectivity index (χ1v) is 5.99. The number of amidine groups is 1. The SMILES string of the molecule is CC(NC(=O)c1cccc(/C(N)=N/O)c1)c1cn[nH]c1. The highest BCUT2D eigenvalue weighted by molar-refractivity contribution is 6.01. The van der Waals surface area contributed by atoms with Gasteiger partial charge in [-0.25, -0.2) is 0 Å². The Hall–Kier alpha value is -2.83. The molecule has 0 saturated heterocycles. The third-order valence-electron chi connectivity index (χ3n) is 2.90. The van der Waals surface area contributed by atoms with E-state index >= 15 is 0 Å². The first kappa shape index (κ1) is 13.6. The zero-order valence-corrected chi connectivity index (χ0v) is 10.9. The predicted octanol–water partition coefficient (Wildman–Crippen LogP) is 0.995. The summed E-state index contributed by atoms with van der Waals surface area (Å²) in [5, 5.41) is 20.9. The summed E-state index contributed by atoms with van der Waals surface area (Å²) >= 11 is 0. The smallest absolute Gasteiger partial charge is 0.251 e. The van der Waals surface area contributed by atoms with Gasteiger partial charge in [-0.3, -0.25) is 9.89 Å². The van der Waals surface area contributed by atoms with Gasteiger partial charge in [0.15, 0.2) is 5.84 Å². The van der Waals surface area contributed by atoms with Crippen LogP contribution in [0.3, 0.4) is 0 Å². The van der Waals surface area contributed by atoms with Gasteiger partial charge in [0.2, 0.25) is 0 Å². The molecule has 1 atom stereocenters. The van der Waals surface area contributed by atoms with Gasteiger partial charge >= 0.3 is 0 Å². The Bertz CT molecular complexity index is 621. The summed E-state index contributed by atoms with van der Waals surface area (Å²) < 4.78 is 0. The molecule has 0 aliphatic rings. The molecule has 20 heavy (non-hydrogen) atoms. The Kier molecular flexibility index (Phi) is 3.99. The Morgan fingerprint density at radius 2 is 2.25 bits per heavy atom. The fourth-order valence-electron chi connectivity index (χ4n) is 1.74. The quantitative estimate of drug-likeness (QED) is 0.288. The number of H-pyrrole nitrogens is 1. The second-order valence-corrected chi connectivity index (χ2v) is 4.29. The van der Waals surface area contributed by atoms with E-state index in [1.807, 2.05) is 6.92 Å². The average molecular weight is 273 g/mol. The monoisotopic (exact) mass is 273 g/mol. The van der Waals surface area contributed by atoms with E-state index in [2.05, 4.69) is 20.7 Å². The molecule has 0 bridgehead atoms. The van der Waals surface area contributed by atoms with Crippen molar-refractivity contribution in [1.82, 2.24) is 15.5 Å². The zero-order valence-electron chi connectivity index (χ0n) is 10.9. The minimum Gasteiger partial charge on any atom is -0.409 e. The van der Waals surface area contributed by atoms with E-state index in [0.29, 0.717) is 11.1 Å². The van der Waals surface area contributed by atoms with Crippen LogP contribution in [0.1, 0.15) is 34.5 Å². The molecule has 5 N–H and O–H groups in total. The Morgan fingerprint density at radius 3 is 2.90 bits per heavy atom. The topological polar surface area (TPSA) is 116 Å². The average Bonchev–Trinajstić information content (AvgIpc) is 3.00. The molecule has 0 fully saturated rings. The second-order valence-electron chi connectivity index (χ2n) is 4.29. The van der Waals surface area contributed by atoms with E-state index in [1.165, 1.54) is 0 Å². The van der Waals surface area contributed by atoms with Crippen molar-refractivity contribution in [2.24, 2.45) is 10.9 Å². The highest BCUT2D eigenvalue weighted by Gasteiger charge is 2.13. The highest BCUT2D eigenvalue weighted by atomic mass is 16.4. The van der Waals surface area contributed by atoms with Crippen LogP contribution >= 0.6 is 0 Å². The number of oxime groups is 1. The van der Waals surface area contributed by atoms with Gasteiger partial charge in [0.25, 0.3) is 5.91 Å². The van der Waals surface area contributed by atoms with Crippen molar-refractivity contribution in [1.29, 1.82) is 0 Å². The minimum atomic E-state index is -0.244. The van der Waals surface area contributed by atoms with E-state index in [9.17, 15) is 4.79 Å². The molecule has 2 aromatic rings. The second kappa shape index (κ2) is 5.87. The Morgan fingerprint density at radius 1 is 1.50 bits per heavy atom. The van der Waals surface area contributed by atoms with E-state index in [0.717, 1.165) is 5.56 Å². The van der Waals surface area contributed by atoms with Gasteiger partial charge in [0.1, 0.15) is 0 Å². The highest BCUT2D eigenvalue weighted by Crippen LogP contribution is 2.11. The minimum absolute atomic E-state index is 0.0393. The van der Waals surface area contributed by atoms with Crippen LogP contribution in [0.4, 0.5) is 0 Å². The fraction of sp³-hybridized carbons (Fsp3) is 0.154. The van der Waals surface area contributed by atoms with Gasteiger partial charge in [-0.05, 0) is 19.1 Å². The van der Waals surface area contributed by atoms with Gasteiger partial charge in [0.05, 0.1) is 12.2 Å². The third kappa shape index (κ3) is 2.94. The lowest BCUT2D eigenvalue weighted by Gasteiger charge is -2.12. The molecule has 0 spiro atoms.